The average molecular weight is 593 g/mol. The third-order valence-electron chi connectivity index (χ3n) is 9.86. The van der Waals surface area contributed by atoms with E-state index < -0.39 is 11.3 Å². The molecule has 8 nitrogen and oxygen atoms in total. The molecule has 5 heterocycles. The number of nitrogens with zero attached hydrogens (tertiary/aromatic N) is 5. The first-order valence-electron chi connectivity index (χ1n) is 16.2. The highest BCUT2D eigenvalue weighted by atomic mass is 19.1. The molecule has 1 amide bonds. The number of ether oxygens (including phenoxy) is 1. The highest BCUT2D eigenvalue weighted by Gasteiger charge is 2.41. The van der Waals surface area contributed by atoms with E-state index >= 15 is 4.39 Å². The van der Waals surface area contributed by atoms with Crippen molar-refractivity contribution >= 4 is 24.2 Å². The number of nitrogens with one attached hydrogen (secondary N) is 1. The van der Waals surface area contributed by atoms with Crippen LogP contribution >= 0.6 is 0 Å². The molecule has 4 aliphatic rings. The Labute approximate surface area is 255 Å². The smallest absolute Gasteiger partial charge is 0.410 e. The summed E-state index contributed by atoms with van der Waals surface area (Å²) in [5.74, 6) is 0.763. The van der Waals surface area contributed by atoms with Gasteiger partial charge in [-0.3, -0.25) is 4.90 Å². The first-order valence-corrected chi connectivity index (χ1v) is 16.2. The van der Waals surface area contributed by atoms with Crippen molar-refractivity contribution < 1.29 is 13.9 Å². The fraction of sp³-hybridized carbons (Fsp3) is 0.676. The molecule has 1 spiro atoms. The molecule has 1 unspecified atom stereocenters. The monoisotopic (exact) mass is 592 g/mol. The zero-order valence-electron chi connectivity index (χ0n) is 26.9. The Morgan fingerprint density at radius 1 is 1.02 bits per heavy atom. The van der Waals surface area contributed by atoms with Crippen LogP contribution in [0.1, 0.15) is 103 Å². The van der Waals surface area contributed by atoms with Gasteiger partial charge in [-0.2, -0.15) is 0 Å². The molecular weight excluding hydrogens is 543 g/mol. The average Bonchev–Trinajstić information content (AvgIpc) is 3.31. The number of anilines is 1. The Hall–Kier alpha value is -2.94. The summed E-state index contributed by atoms with van der Waals surface area (Å²) in [6.07, 6.45) is 15.6. The lowest BCUT2D eigenvalue weighted by molar-refractivity contribution is 0.00662. The predicted octanol–water partition coefficient (Wildman–Crippen LogP) is 4.86. The van der Waals surface area contributed by atoms with Crippen molar-refractivity contribution in [2.45, 2.75) is 110 Å². The molecule has 0 bridgehead atoms. The maximum atomic E-state index is 15.1. The number of amides is 1. The number of hydrogen-bond acceptors (Lipinski definition) is 6. The van der Waals surface area contributed by atoms with E-state index in [2.05, 4.69) is 33.9 Å². The molecule has 234 valence electrons. The molecule has 2 aromatic heterocycles. The molecule has 0 saturated carbocycles. The van der Waals surface area contributed by atoms with Gasteiger partial charge in [0.05, 0.1) is 6.04 Å². The van der Waals surface area contributed by atoms with Crippen LogP contribution in [0, 0.1) is 5.41 Å². The summed E-state index contributed by atoms with van der Waals surface area (Å²) in [7, 11) is 0. The summed E-state index contributed by atoms with van der Waals surface area (Å²) in [5.41, 5.74) is 2.01. The number of aromatic amines is 1. The molecule has 6 rings (SSSR count). The standard InChI is InChI=1S/C34H49FN6O2/c1-23-19-26-25-9-7-8-10-27(25)38-28(26)29(41(23)22-33(5,6)35)24-20-36-30(37-21-24)39-15-11-34(12-16-39)13-17-40(18-14-34)31(42)43-32(2,3)4/h9-10,20-21,23,29,38H,7-8,11-19,22H2,1-6H3/t23-,29?/m1/s1. The topological polar surface area (TPSA) is 77.6 Å². The van der Waals surface area contributed by atoms with Gasteiger partial charge in [-0.15, -0.1) is 0 Å². The van der Waals surface area contributed by atoms with E-state index in [1.807, 2.05) is 38.1 Å². The second kappa shape index (κ2) is 11.2. The van der Waals surface area contributed by atoms with Crippen molar-refractivity contribution in [3.05, 3.63) is 39.8 Å². The van der Waals surface area contributed by atoms with Crippen LogP contribution in [-0.4, -0.2) is 80.9 Å². The van der Waals surface area contributed by atoms with Crippen LogP contribution in [0.2, 0.25) is 0 Å². The van der Waals surface area contributed by atoms with Crippen LogP contribution in [0.25, 0.3) is 12.2 Å². The van der Waals surface area contributed by atoms with Gasteiger partial charge in [-0.1, -0.05) is 12.2 Å². The van der Waals surface area contributed by atoms with Gasteiger partial charge in [0.15, 0.2) is 0 Å². The molecule has 1 N–H and O–H groups in total. The Kier molecular flexibility index (Phi) is 7.84. The fourth-order valence-corrected chi connectivity index (χ4v) is 7.58. The van der Waals surface area contributed by atoms with Gasteiger partial charge in [-0.05, 0) is 103 Å². The molecule has 9 heteroatoms. The van der Waals surface area contributed by atoms with Gasteiger partial charge in [0, 0.05) is 67.8 Å². The Morgan fingerprint density at radius 2 is 1.65 bits per heavy atom. The van der Waals surface area contributed by atoms with Crippen molar-refractivity contribution in [2.75, 3.05) is 37.6 Å². The number of piperidine rings is 2. The van der Waals surface area contributed by atoms with Gasteiger partial charge in [0.2, 0.25) is 5.95 Å². The maximum Gasteiger partial charge on any atom is 0.410 e. The van der Waals surface area contributed by atoms with E-state index in [4.69, 9.17) is 14.7 Å². The van der Waals surface area contributed by atoms with E-state index in [0.717, 1.165) is 88.3 Å². The number of likely N-dealkylation sites (tertiary alicyclic amines) is 1. The number of aromatic nitrogens is 3. The largest absolute Gasteiger partial charge is 0.444 e. The van der Waals surface area contributed by atoms with Gasteiger partial charge >= 0.3 is 6.09 Å². The van der Waals surface area contributed by atoms with E-state index in [-0.39, 0.29) is 23.6 Å². The van der Waals surface area contributed by atoms with Crippen molar-refractivity contribution in [1.82, 2.24) is 24.8 Å². The Morgan fingerprint density at radius 3 is 2.28 bits per heavy atom. The van der Waals surface area contributed by atoms with Crippen LogP contribution in [0.4, 0.5) is 15.1 Å². The second-order valence-electron chi connectivity index (χ2n) is 14.9. The van der Waals surface area contributed by atoms with Crippen LogP contribution < -0.4 is 15.5 Å². The van der Waals surface area contributed by atoms with Gasteiger partial charge in [0.25, 0.3) is 0 Å². The number of halogens is 1. The van der Waals surface area contributed by atoms with Crippen LogP contribution in [0.3, 0.4) is 0 Å². The normalized spacial score (nSPS) is 24.2. The maximum absolute atomic E-state index is 15.1. The molecule has 43 heavy (non-hydrogen) atoms. The summed E-state index contributed by atoms with van der Waals surface area (Å²) in [6, 6.07) is 0.0810. The molecule has 0 aromatic carbocycles. The van der Waals surface area contributed by atoms with Crippen LogP contribution in [-0.2, 0) is 11.2 Å². The lowest BCUT2D eigenvalue weighted by atomic mass is 9.71. The fourth-order valence-electron chi connectivity index (χ4n) is 7.58. The molecule has 2 atom stereocenters. The van der Waals surface area contributed by atoms with E-state index in [9.17, 15) is 4.79 Å². The minimum atomic E-state index is -1.32. The summed E-state index contributed by atoms with van der Waals surface area (Å²) >= 11 is 0. The van der Waals surface area contributed by atoms with Crippen LogP contribution in [0.15, 0.2) is 12.4 Å². The quantitative estimate of drug-likeness (QED) is 0.547. The predicted molar refractivity (Wildman–Crippen MR) is 168 cm³/mol. The number of alkyl halides is 1. The zero-order chi connectivity index (χ0) is 30.6. The SMILES string of the molecule is C[C@@H]1Cc2c([nH]c3c2=CCCC=3)C(c2cnc(N3CCC4(CCN(C(=O)OC(C)(C)C)CC4)CC3)nc2)N1CC(C)(C)F. The minimum Gasteiger partial charge on any atom is -0.444 e. The second-order valence-corrected chi connectivity index (χ2v) is 14.9. The molecule has 2 fully saturated rings. The molecular formula is C34H49FN6O2. The van der Waals surface area contributed by atoms with Gasteiger partial charge < -0.3 is 19.5 Å². The molecule has 2 aromatic rings. The number of hydrogen-bond donors (Lipinski definition) is 1. The van der Waals surface area contributed by atoms with Gasteiger partial charge in [0.1, 0.15) is 11.3 Å². The highest BCUT2D eigenvalue weighted by molar-refractivity contribution is 5.68. The summed E-state index contributed by atoms with van der Waals surface area (Å²) in [6.45, 7) is 15.0. The first kappa shape index (κ1) is 30.1. The van der Waals surface area contributed by atoms with Crippen molar-refractivity contribution in [3.63, 3.8) is 0 Å². The minimum absolute atomic E-state index is 0.116. The number of carbonyl (C=O) groups is 1. The van der Waals surface area contributed by atoms with Crippen molar-refractivity contribution in [3.8, 4) is 0 Å². The van der Waals surface area contributed by atoms with E-state index in [0.29, 0.717) is 6.54 Å². The van der Waals surface area contributed by atoms with Crippen LogP contribution in [0.5, 0.6) is 0 Å². The Balaban J connectivity index is 1.16. The third-order valence-corrected chi connectivity index (χ3v) is 9.86. The van der Waals surface area contributed by atoms with Gasteiger partial charge in [-0.25, -0.2) is 19.2 Å². The number of fused-ring (bicyclic) bond motifs is 3. The summed E-state index contributed by atoms with van der Waals surface area (Å²) in [4.78, 5) is 32.5. The first-order chi connectivity index (χ1) is 20.3. The molecule has 1 aliphatic carbocycles. The number of H-pyrrole nitrogens is 1. The highest BCUT2D eigenvalue weighted by Crippen LogP contribution is 2.42. The number of rotatable bonds is 4. The lowest BCUT2D eigenvalue weighted by Crippen LogP contribution is -2.49. The third kappa shape index (κ3) is 6.33. The zero-order valence-corrected chi connectivity index (χ0v) is 26.9. The number of carbonyl (C=O) groups excluding carboxylic acids is 1. The van der Waals surface area contributed by atoms with E-state index in [1.165, 1.54) is 16.1 Å². The summed E-state index contributed by atoms with van der Waals surface area (Å²) < 4.78 is 20.7. The molecule has 0 radical (unpaired) electrons. The van der Waals surface area contributed by atoms with E-state index in [1.54, 1.807) is 13.8 Å². The molecule has 3 aliphatic heterocycles. The lowest BCUT2D eigenvalue weighted by Gasteiger charge is -2.46. The Bertz CT molecular complexity index is 1440. The van der Waals surface area contributed by atoms with Crippen molar-refractivity contribution in [1.29, 1.82) is 0 Å². The molecule has 2 saturated heterocycles. The summed E-state index contributed by atoms with van der Waals surface area (Å²) in [5, 5.41) is 2.53. The van der Waals surface area contributed by atoms with Crippen molar-refractivity contribution in [2.24, 2.45) is 5.41 Å².